The van der Waals surface area contributed by atoms with Gasteiger partial charge in [-0.2, -0.15) is 4.98 Å². The second-order valence-electron chi connectivity index (χ2n) is 7.40. The van der Waals surface area contributed by atoms with Gasteiger partial charge in [0.1, 0.15) is 5.69 Å². The van der Waals surface area contributed by atoms with Crippen LogP contribution in [-0.4, -0.2) is 31.6 Å². The SMILES string of the molecule is Cc1noc(-c2cc3cc(C4=C(Br)CC(C(=O)CCc5ccncc5)=N4)ccc3[nH]2)n1. The lowest BCUT2D eigenvalue weighted by Crippen LogP contribution is -2.12. The Kier molecular flexibility index (Phi) is 5.07. The van der Waals surface area contributed by atoms with Gasteiger partial charge in [-0.3, -0.25) is 9.78 Å². The molecular formula is C23H18BrN5O2. The largest absolute Gasteiger partial charge is 0.351 e. The maximum atomic E-state index is 12.7. The lowest BCUT2D eigenvalue weighted by atomic mass is 10.1. The predicted molar refractivity (Wildman–Crippen MR) is 122 cm³/mol. The quantitative estimate of drug-likeness (QED) is 0.421. The first-order valence-electron chi connectivity index (χ1n) is 9.89. The van der Waals surface area contributed by atoms with E-state index in [0.29, 0.717) is 36.7 Å². The molecule has 0 fully saturated rings. The molecule has 3 aromatic heterocycles. The molecular weight excluding hydrogens is 458 g/mol. The number of ketones is 1. The Balaban J connectivity index is 1.36. The Labute approximate surface area is 186 Å². The van der Waals surface area contributed by atoms with Crippen LogP contribution >= 0.6 is 15.9 Å². The van der Waals surface area contributed by atoms with Crippen LogP contribution in [0.3, 0.4) is 0 Å². The van der Waals surface area contributed by atoms with Gasteiger partial charge < -0.3 is 9.51 Å². The van der Waals surface area contributed by atoms with Crippen molar-refractivity contribution in [3.63, 3.8) is 0 Å². The summed E-state index contributed by atoms with van der Waals surface area (Å²) in [5.74, 6) is 1.11. The third kappa shape index (κ3) is 3.98. The van der Waals surface area contributed by atoms with Crippen molar-refractivity contribution in [2.45, 2.75) is 26.2 Å². The first-order chi connectivity index (χ1) is 15.1. The number of hydrogen-bond donors (Lipinski definition) is 1. The van der Waals surface area contributed by atoms with Crippen LogP contribution in [0.4, 0.5) is 0 Å². The Morgan fingerprint density at radius 3 is 2.81 bits per heavy atom. The fraction of sp³-hybridized carbons (Fsp3) is 0.174. The summed E-state index contributed by atoms with van der Waals surface area (Å²) < 4.78 is 6.17. The van der Waals surface area contributed by atoms with Gasteiger partial charge in [0.15, 0.2) is 11.6 Å². The van der Waals surface area contributed by atoms with E-state index in [-0.39, 0.29) is 5.78 Å². The highest BCUT2D eigenvalue weighted by molar-refractivity contribution is 9.11. The highest BCUT2D eigenvalue weighted by Crippen LogP contribution is 2.35. The van der Waals surface area contributed by atoms with Crippen LogP contribution in [0, 0.1) is 6.92 Å². The number of hydrogen-bond acceptors (Lipinski definition) is 6. The Hall–Kier alpha value is -3.39. The second-order valence-corrected chi connectivity index (χ2v) is 8.36. The number of rotatable bonds is 6. The Morgan fingerprint density at radius 1 is 1.19 bits per heavy atom. The molecule has 1 aliphatic heterocycles. The van der Waals surface area contributed by atoms with Crippen molar-refractivity contribution in [3.05, 3.63) is 70.2 Å². The molecule has 1 aliphatic rings. The molecule has 0 saturated carbocycles. The summed E-state index contributed by atoms with van der Waals surface area (Å²) in [7, 11) is 0. The molecule has 0 atom stereocenters. The minimum atomic E-state index is 0.0699. The number of pyridine rings is 1. The zero-order chi connectivity index (χ0) is 21.4. The van der Waals surface area contributed by atoms with Gasteiger partial charge >= 0.3 is 0 Å². The number of nitrogens with one attached hydrogen (secondary N) is 1. The average Bonchev–Trinajstić information content (AvgIpc) is 3.50. The van der Waals surface area contributed by atoms with E-state index in [2.05, 4.69) is 41.0 Å². The molecule has 4 heterocycles. The molecule has 0 amide bonds. The van der Waals surface area contributed by atoms with Crippen LogP contribution < -0.4 is 0 Å². The fourth-order valence-electron chi connectivity index (χ4n) is 3.60. The first kappa shape index (κ1) is 19.6. The van der Waals surface area contributed by atoms with Gasteiger partial charge in [-0.15, -0.1) is 0 Å². The molecule has 0 unspecified atom stereocenters. The molecule has 0 radical (unpaired) electrons. The van der Waals surface area contributed by atoms with Crippen molar-refractivity contribution < 1.29 is 9.32 Å². The van der Waals surface area contributed by atoms with Crippen molar-refractivity contribution in [2.24, 2.45) is 4.99 Å². The number of aryl methyl sites for hydroxylation is 2. The molecule has 0 aliphatic carbocycles. The molecule has 8 heteroatoms. The monoisotopic (exact) mass is 475 g/mol. The van der Waals surface area contributed by atoms with Crippen LogP contribution in [-0.2, 0) is 11.2 Å². The van der Waals surface area contributed by atoms with Crippen LogP contribution in [0.15, 0.2) is 62.8 Å². The van der Waals surface area contributed by atoms with Crippen molar-refractivity contribution in [3.8, 4) is 11.6 Å². The van der Waals surface area contributed by atoms with Gasteiger partial charge in [-0.25, -0.2) is 4.99 Å². The summed E-state index contributed by atoms with van der Waals surface area (Å²) in [6, 6.07) is 11.9. The summed E-state index contributed by atoms with van der Waals surface area (Å²) in [6.45, 7) is 1.78. The lowest BCUT2D eigenvalue weighted by molar-refractivity contribution is -0.113. The Bertz CT molecular complexity index is 1350. The molecule has 5 rings (SSSR count). The van der Waals surface area contributed by atoms with Crippen molar-refractivity contribution in [2.75, 3.05) is 0 Å². The zero-order valence-electron chi connectivity index (χ0n) is 16.7. The van der Waals surface area contributed by atoms with Crippen LogP contribution in [0.5, 0.6) is 0 Å². The minimum absolute atomic E-state index is 0.0699. The van der Waals surface area contributed by atoms with Gasteiger partial charge in [0.2, 0.25) is 0 Å². The summed E-state index contributed by atoms with van der Waals surface area (Å²) >= 11 is 3.62. The van der Waals surface area contributed by atoms with E-state index in [1.807, 2.05) is 36.4 Å². The summed E-state index contributed by atoms with van der Waals surface area (Å²) in [4.78, 5) is 28.9. The number of aliphatic imine (C=N–C) groups is 1. The number of fused-ring (bicyclic) bond motifs is 1. The lowest BCUT2D eigenvalue weighted by Gasteiger charge is -2.02. The van der Waals surface area contributed by atoms with Gasteiger partial charge in [-0.1, -0.05) is 27.2 Å². The number of aromatic amines is 1. The second kappa shape index (κ2) is 8.03. The van der Waals surface area contributed by atoms with Crippen LogP contribution in [0.1, 0.15) is 29.8 Å². The molecule has 0 bridgehead atoms. The van der Waals surface area contributed by atoms with Crippen LogP contribution in [0.25, 0.3) is 28.2 Å². The summed E-state index contributed by atoms with van der Waals surface area (Å²) in [5.41, 5.74) is 5.16. The summed E-state index contributed by atoms with van der Waals surface area (Å²) in [5, 5.41) is 4.84. The van der Waals surface area contributed by atoms with E-state index in [1.54, 1.807) is 19.3 Å². The van der Waals surface area contributed by atoms with E-state index < -0.39 is 0 Å². The van der Waals surface area contributed by atoms with Gasteiger partial charge in [-0.05, 0) is 49.2 Å². The number of carbonyl (C=O) groups is 1. The number of H-pyrrole nitrogens is 1. The van der Waals surface area contributed by atoms with E-state index >= 15 is 0 Å². The highest BCUT2D eigenvalue weighted by Gasteiger charge is 2.23. The zero-order valence-corrected chi connectivity index (χ0v) is 18.3. The van der Waals surface area contributed by atoms with Crippen molar-refractivity contribution >= 4 is 44.0 Å². The minimum Gasteiger partial charge on any atom is -0.351 e. The number of Topliss-reactive ketones (excluding diaryl/α,β-unsaturated/α-hetero) is 1. The molecule has 1 N–H and O–H groups in total. The van der Waals surface area contributed by atoms with Crippen molar-refractivity contribution in [1.82, 2.24) is 20.1 Å². The van der Waals surface area contributed by atoms with Gasteiger partial charge in [0, 0.05) is 46.2 Å². The third-order valence-electron chi connectivity index (χ3n) is 5.19. The third-order valence-corrected chi connectivity index (χ3v) is 5.85. The predicted octanol–water partition coefficient (Wildman–Crippen LogP) is 5.03. The molecule has 7 nitrogen and oxygen atoms in total. The van der Waals surface area contributed by atoms with Crippen molar-refractivity contribution in [1.29, 1.82) is 0 Å². The first-order valence-corrected chi connectivity index (χ1v) is 10.7. The average molecular weight is 476 g/mol. The van der Waals surface area contributed by atoms with E-state index in [4.69, 9.17) is 4.52 Å². The molecule has 1 aromatic carbocycles. The van der Waals surface area contributed by atoms with Crippen LogP contribution in [0.2, 0.25) is 0 Å². The molecule has 4 aromatic rings. The number of benzene rings is 1. The topological polar surface area (TPSA) is 97.0 Å². The number of nitrogens with zero attached hydrogens (tertiary/aromatic N) is 4. The van der Waals surface area contributed by atoms with Gasteiger partial charge in [0.05, 0.1) is 11.4 Å². The maximum Gasteiger partial charge on any atom is 0.274 e. The molecule has 0 spiro atoms. The number of carbonyl (C=O) groups excluding carboxylic acids is 1. The molecule has 154 valence electrons. The van der Waals surface area contributed by atoms with E-state index in [1.165, 1.54) is 0 Å². The van der Waals surface area contributed by atoms with E-state index in [0.717, 1.165) is 37.9 Å². The Morgan fingerprint density at radius 2 is 2.03 bits per heavy atom. The van der Waals surface area contributed by atoms with E-state index in [9.17, 15) is 4.79 Å². The fourth-order valence-corrected chi connectivity index (χ4v) is 4.18. The highest BCUT2D eigenvalue weighted by atomic mass is 79.9. The van der Waals surface area contributed by atoms with Gasteiger partial charge in [0.25, 0.3) is 5.89 Å². The number of allylic oxidation sites excluding steroid dienone is 1. The maximum absolute atomic E-state index is 12.7. The molecule has 31 heavy (non-hydrogen) atoms. The normalized spacial score (nSPS) is 13.8. The standard InChI is InChI=1S/C23H18BrN5O2/c1-13-26-23(31-29-13)20-11-16-10-15(3-4-18(16)27-20)22-17(24)12-19(28-22)21(30)5-2-14-6-8-25-9-7-14/h3-4,6-11,27H,2,5,12H2,1H3. The number of aromatic nitrogens is 4. The number of halogens is 1. The summed E-state index contributed by atoms with van der Waals surface area (Å²) in [6.07, 6.45) is 5.11. The smallest absolute Gasteiger partial charge is 0.274 e. The molecule has 0 saturated heterocycles.